The fourth-order valence-electron chi connectivity index (χ4n) is 2.39. The number of aryl methyl sites for hydroxylation is 2. The van der Waals surface area contributed by atoms with Crippen LogP contribution in [0, 0.1) is 27.7 Å². The molecule has 0 amide bonds. The summed E-state index contributed by atoms with van der Waals surface area (Å²) in [5, 5.41) is 20.4. The number of hydrogen-bond acceptors (Lipinski definition) is 4. The number of carbonyl (C=O) groups excluding carboxylic acids is 1. The van der Waals surface area contributed by atoms with Gasteiger partial charge in [-0.25, -0.2) is 0 Å². The van der Waals surface area contributed by atoms with Crippen molar-refractivity contribution in [2.45, 2.75) is 53.2 Å². The molecule has 1 aromatic rings. The molecule has 0 aliphatic carbocycles. The summed E-state index contributed by atoms with van der Waals surface area (Å²) in [5.41, 5.74) is 4.72. The number of rotatable bonds is 5. The van der Waals surface area contributed by atoms with E-state index in [-0.39, 0.29) is 13.0 Å². The molecule has 1 aromatic carbocycles. The second kappa shape index (κ2) is 6.86. The van der Waals surface area contributed by atoms with Gasteiger partial charge in [-0.2, -0.15) is 0 Å². The maximum absolute atomic E-state index is 11.4. The second-order valence-electron chi connectivity index (χ2n) is 5.20. The van der Waals surface area contributed by atoms with Crippen molar-refractivity contribution >= 4 is 5.97 Å². The number of aliphatic hydroxyl groups is 2. The molecule has 2 unspecified atom stereocenters. The Bertz CT molecular complexity index is 467. The summed E-state index contributed by atoms with van der Waals surface area (Å²) in [6.07, 6.45) is -2.45. The van der Waals surface area contributed by atoms with Crippen molar-refractivity contribution in [3.8, 4) is 0 Å². The topological polar surface area (TPSA) is 66.8 Å². The van der Waals surface area contributed by atoms with E-state index in [0.717, 1.165) is 22.3 Å². The molecular weight excluding hydrogens is 256 g/mol. The van der Waals surface area contributed by atoms with Gasteiger partial charge in [-0.3, -0.25) is 4.79 Å². The van der Waals surface area contributed by atoms with Gasteiger partial charge in [-0.05, 0) is 62.4 Å². The molecule has 0 radical (unpaired) electrons. The maximum Gasteiger partial charge on any atom is 0.308 e. The standard InChI is InChI=1S/C16H24O4/c1-6-20-14(18)8-13(17)16(19)15-11(4)9(2)7-10(3)12(15)5/h7,13,16-17,19H,6,8H2,1-5H3. The summed E-state index contributed by atoms with van der Waals surface area (Å²) in [6.45, 7) is 9.74. The van der Waals surface area contributed by atoms with Crippen LogP contribution < -0.4 is 0 Å². The summed E-state index contributed by atoms with van der Waals surface area (Å²) >= 11 is 0. The third-order valence-corrected chi connectivity index (χ3v) is 3.77. The smallest absolute Gasteiger partial charge is 0.308 e. The SMILES string of the molecule is CCOC(=O)CC(O)C(O)c1c(C)c(C)cc(C)c1C. The zero-order valence-electron chi connectivity index (χ0n) is 12.9. The molecule has 0 saturated carbocycles. The normalized spacial score (nSPS) is 13.9. The molecule has 0 spiro atoms. The van der Waals surface area contributed by atoms with Crippen LogP contribution in [0.4, 0.5) is 0 Å². The zero-order valence-corrected chi connectivity index (χ0v) is 12.9. The third kappa shape index (κ3) is 3.58. The average molecular weight is 280 g/mol. The molecule has 1 rings (SSSR count). The van der Waals surface area contributed by atoms with Crippen LogP contribution in [0.2, 0.25) is 0 Å². The number of carbonyl (C=O) groups is 1. The monoisotopic (exact) mass is 280 g/mol. The van der Waals surface area contributed by atoms with E-state index in [2.05, 4.69) is 6.07 Å². The number of benzene rings is 1. The van der Waals surface area contributed by atoms with Gasteiger partial charge in [0.1, 0.15) is 6.10 Å². The molecule has 4 nitrogen and oxygen atoms in total. The number of ether oxygens (including phenoxy) is 1. The second-order valence-corrected chi connectivity index (χ2v) is 5.20. The molecular formula is C16H24O4. The molecule has 0 aliphatic heterocycles. The van der Waals surface area contributed by atoms with Crippen LogP contribution in [0.25, 0.3) is 0 Å². The summed E-state index contributed by atoms with van der Waals surface area (Å²) in [5.74, 6) is -0.501. The molecule has 2 N–H and O–H groups in total. The predicted molar refractivity (Wildman–Crippen MR) is 77.6 cm³/mol. The van der Waals surface area contributed by atoms with Crippen molar-refractivity contribution in [3.05, 3.63) is 33.9 Å². The van der Waals surface area contributed by atoms with E-state index < -0.39 is 18.2 Å². The van der Waals surface area contributed by atoms with Gasteiger partial charge < -0.3 is 14.9 Å². The Labute approximate surface area is 120 Å². The Morgan fingerprint density at radius 1 is 1.15 bits per heavy atom. The Hall–Kier alpha value is -1.39. The van der Waals surface area contributed by atoms with E-state index in [1.807, 2.05) is 27.7 Å². The van der Waals surface area contributed by atoms with Crippen LogP contribution in [0.15, 0.2) is 6.07 Å². The van der Waals surface area contributed by atoms with Crippen molar-refractivity contribution in [3.63, 3.8) is 0 Å². The Morgan fingerprint density at radius 3 is 2.10 bits per heavy atom. The molecule has 0 aromatic heterocycles. The Morgan fingerprint density at radius 2 is 1.65 bits per heavy atom. The van der Waals surface area contributed by atoms with Gasteiger partial charge in [0.2, 0.25) is 0 Å². The number of aliphatic hydroxyl groups excluding tert-OH is 2. The highest BCUT2D eigenvalue weighted by molar-refractivity contribution is 5.70. The van der Waals surface area contributed by atoms with Crippen LogP contribution >= 0.6 is 0 Å². The minimum Gasteiger partial charge on any atom is -0.466 e. The fraction of sp³-hybridized carbons (Fsp3) is 0.562. The zero-order chi connectivity index (χ0) is 15.4. The molecule has 0 aliphatic rings. The van der Waals surface area contributed by atoms with Gasteiger partial charge in [0.15, 0.2) is 0 Å². The molecule has 20 heavy (non-hydrogen) atoms. The first-order chi connectivity index (χ1) is 9.29. The van der Waals surface area contributed by atoms with Crippen LogP contribution in [-0.4, -0.2) is 28.9 Å². The lowest BCUT2D eigenvalue weighted by Gasteiger charge is -2.23. The van der Waals surface area contributed by atoms with Crippen LogP contribution in [0.3, 0.4) is 0 Å². The van der Waals surface area contributed by atoms with Crippen molar-refractivity contribution in [1.82, 2.24) is 0 Å². The Kier molecular flexibility index (Phi) is 5.72. The van der Waals surface area contributed by atoms with Crippen LogP contribution in [-0.2, 0) is 9.53 Å². The van der Waals surface area contributed by atoms with Gasteiger partial charge in [0.05, 0.1) is 19.1 Å². The molecule has 0 saturated heterocycles. The first-order valence-corrected chi connectivity index (χ1v) is 6.88. The van der Waals surface area contributed by atoms with Crippen LogP contribution in [0.1, 0.15) is 47.3 Å². The summed E-state index contributed by atoms with van der Waals surface area (Å²) in [6, 6.07) is 2.05. The molecule has 4 heteroatoms. The highest BCUT2D eigenvalue weighted by atomic mass is 16.5. The van der Waals surface area contributed by atoms with Gasteiger partial charge in [-0.15, -0.1) is 0 Å². The van der Waals surface area contributed by atoms with Crippen LogP contribution in [0.5, 0.6) is 0 Å². The lowest BCUT2D eigenvalue weighted by molar-refractivity contribution is -0.147. The number of hydrogen-bond donors (Lipinski definition) is 2. The van der Waals surface area contributed by atoms with Crippen molar-refractivity contribution in [1.29, 1.82) is 0 Å². The third-order valence-electron chi connectivity index (χ3n) is 3.77. The van der Waals surface area contributed by atoms with E-state index in [9.17, 15) is 15.0 Å². The summed E-state index contributed by atoms with van der Waals surface area (Å²) in [4.78, 5) is 11.4. The van der Waals surface area contributed by atoms with Crippen molar-refractivity contribution in [2.75, 3.05) is 6.61 Å². The first-order valence-electron chi connectivity index (χ1n) is 6.88. The van der Waals surface area contributed by atoms with Crippen molar-refractivity contribution < 1.29 is 19.7 Å². The van der Waals surface area contributed by atoms with Gasteiger partial charge in [0, 0.05) is 0 Å². The molecule has 0 heterocycles. The average Bonchev–Trinajstić information content (AvgIpc) is 2.36. The summed E-state index contributed by atoms with van der Waals surface area (Å²) < 4.78 is 4.80. The maximum atomic E-state index is 11.4. The van der Waals surface area contributed by atoms with E-state index in [1.54, 1.807) is 6.92 Å². The quantitative estimate of drug-likeness (QED) is 0.812. The van der Waals surface area contributed by atoms with E-state index in [1.165, 1.54) is 0 Å². The molecule has 0 fully saturated rings. The van der Waals surface area contributed by atoms with E-state index in [4.69, 9.17) is 4.74 Å². The summed E-state index contributed by atoms with van der Waals surface area (Å²) in [7, 11) is 0. The molecule has 0 bridgehead atoms. The van der Waals surface area contributed by atoms with E-state index >= 15 is 0 Å². The Balaban J connectivity index is 3.03. The van der Waals surface area contributed by atoms with Gasteiger partial charge in [0.25, 0.3) is 0 Å². The van der Waals surface area contributed by atoms with Crippen molar-refractivity contribution in [2.24, 2.45) is 0 Å². The van der Waals surface area contributed by atoms with E-state index in [0.29, 0.717) is 5.56 Å². The van der Waals surface area contributed by atoms with Gasteiger partial charge in [-0.1, -0.05) is 6.07 Å². The first kappa shape index (κ1) is 16.7. The minimum absolute atomic E-state index is 0.207. The molecule has 2 atom stereocenters. The predicted octanol–water partition coefficient (Wildman–Crippen LogP) is 2.27. The largest absolute Gasteiger partial charge is 0.466 e. The lowest BCUT2D eigenvalue weighted by Crippen LogP contribution is -2.24. The molecule has 112 valence electrons. The van der Waals surface area contributed by atoms with Gasteiger partial charge >= 0.3 is 5.97 Å². The fourth-order valence-corrected chi connectivity index (χ4v) is 2.39. The number of esters is 1. The highest BCUT2D eigenvalue weighted by Crippen LogP contribution is 2.30. The minimum atomic E-state index is -1.16. The highest BCUT2D eigenvalue weighted by Gasteiger charge is 2.25. The lowest BCUT2D eigenvalue weighted by atomic mass is 9.88.